The molecule has 1 N–H and O–H groups in total. The lowest BCUT2D eigenvalue weighted by Gasteiger charge is -2.14. The molecule has 0 saturated heterocycles. The average Bonchev–Trinajstić information content (AvgIpc) is 3.57. The molecule has 8 nitrogen and oxygen atoms in total. The van der Waals surface area contributed by atoms with Crippen LogP contribution in [0.4, 0.5) is 23.4 Å². The third kappa shape index (κ3) is 4.54. The van der Waals surface area contributed by atoms with E-state index in [9.17, 15) is 22.4 Å². The summed E-state index contributed by atoms with van der Waals surface area (Å²) in [5.74, 6) is -0.852. The lowest BCUT2D eigenvalue weighted by Crippen LogP contribution is -2.28. The standard InChI is InChI=1S/C25H20F4N4O4/c1-35-19-9-16-17(10-20(19)36-2)31-18(12-30-16)14-4-3-13(15(26)7-14)8-23(34)32-22-11-21(37-33-22)24(5-6-24)25(27,28)29/h3-4,7,9-12H,5-6,8H2,1-2H3,(H,32,33,34). The molecule has 0 radical (unpaired) electrons. The first-order chi connectivity index (χ1) is 17.6. The van der Waals surface area contributed by atoms with Gasteiger partial charge in [0.05, 0.1) is 43.6 Å². The summed E-state index contributed by atoms with van der Waals surface area (Å²) in [5.41, 5.74) is -0.0387. The van der Waals surface area contributed by atoms with E-state index in [0.29, 0.717) is 33.8 Å². The summed E-state index contributed by atoms with van der Waals surface area (Å²) in [6, 6.07) is 8.65. The van der Waals surface area contributed by atoms with E-state index >= 15 is 0 Å². The number of amides is 1. The maximum Gasteiger partial charge on any atom is 0.401 e. The lowest BCUT2D eigenvalue weighted by atomic mass is 10.0. The van der Waals surface area contributed by atoms with Crippen LogP contribution in [0.2, 0.25) is 0 Å². The Balaban J connectivity index is 1.30. The van der Waals surface area contributed by atoms with Crippen LogP contribution in [0, 0.1) is 5.82 Å². The molecule has 0 unspecified atom stereocenters. The number of nitrogens with zero attached hydrogens (tertiary/aromatic N) is 3. The number of nitrogens with one attached hydrogen (secondary N) is 1. The molecule has 1 amide bonds. The van der Waals surface area contributed by atoms with E-state index in [1.807, 2.05) is 0 Å². The Hall–Kier alpha value is -4.22. The molecule has 1 fully saturated rings. The van der Waals surface area contributed by atoms with Crippen molar-refractivity contribution in [3.63, 3.8) is 0 Å². The van der Waals surface area contributed by atoms with Crippen molar-refractivity contribution in [3.05, 3.63) is 59.7 Å². The second-order valence-electron chi connectivity index (χ2n) is 8.64. The molecule has 0 aliphatic heterocycles. The summed E-state index contributed by atoms with van der Waals surface area (Å²) < 4.78 is 70.0. The van der Waals surface area contributed by atoms with Crippen LogP contribution in [0.5, 0.6) is 11.5 Å². The van der Waals surface area contributed by atoms with Crippen molar-refractivity contribution in [2.75, 3.05) is 19.5 Å². The molecule has 1 aliphatic carbocycles. The van der Waals surface area contributed by atoms with Crippen LogP contribution < -0.4 is 14.8 Å². The van der Waals surface area contributed by atoms with Crippen molar-refractivity contribution in [2.24, 2.45) is 0 Å². The van der Waals surface area contributed by atoms with E-state index in [2.05, 4.69) is 20.4 Å². The fourth-order valence-electron chi connectivity index (χ4n) is 4.04. The molecular weight excluding hydrogens is 496 g/mol. The smallest absolute Gasteiger partial charge is 0.401 e. The first-order valence-electron chi connectivity index (χ1n) is 11.1. The second kappa shape index (κ2) is 9.02. The number of halogens is 4. The summed E-state index contributed by atoms with van der Waals surface area (Å²) in [6.07, 6.45) is -3.53. The molecule has 37 heavy (non-hydrogen) atoms. The van der Waals surface area contributed by atoms with Crippen LogP contribution in [-0.2, 0) is 16.6 Å². The fourth-order valence-corrected chi connectivity index (χ4v) is 4.04. The molecule has 2 aromatic carbocycles. The number of anilines is 1. The van der Waals surface area contributed by atoms with Crippen LogP contribution in [-0.4, -0.2) is 41.4 Å². The highest BCUT2D eigenvalue weighted by Crippen LogP contribution is 2.59. The van der Waals surface area contributed by atoms with E-state index in [-0.39, 0.29) is 36.4 Å². The molecule has 12 heteroatoms. The van der Waals surface area contributed by atoms with Crippen molar-refractivity contribution in [1.29, 1.82) is 0 Å². The van der Waals surface area contributed by atoms with Gasteiger partial charge < -0.3 is 19.3 Å². The Kier molecular flexibility index (Phi) is 5.97. The molecule has 192 valence electrons. The Labute approximate surface area is 207 Å². The number of benzene rings is 2. The Morgan fingerprint density at radius 1 is 1.08 bits per heavy atom. The topological polar surface area (TPSA) is 99.4 Å². The predicted molar refractivity (Wildman–Crippen MR) is 124 cm³/mol. The van der Waals surface area contributed by atoms with Gasteiger partial charge in [0.25, 0.3) is 0 Å². The van der Waals surface area contributed by atoms with Gasteiger partial charge in [-0.05, 0) is 24.5 Å². The van der Waals surface area contributed by atoms with Crippen LogP contribution in [0.1, 0.15) is 24.2 Å². The maximum absolute atomic E-state index is 14.8. The van der Waals surface area contributed by atoms with Crippen LogP contribution in [0.15, 0.2) is 47.1 Å². The zero-order valence-corrected chi connectivity index (χ0v) is 19.6. The first-order valence-corrected chi connectivity index (χ1v) is 11.1. The highest BCUT2D eigenvalue weighted by Gasteiger charge is 2.66. The molecular formula is C25H20F4N4O4. The van der Waals surface area contributed by atoms with E-state index in [4.69, 9.17) is 14.0 Å². The van der Waals surface area contributed by atoms with Crippen molar-refractivity contribution in [1.82, 2.24) is 15.1 Å². The average molecular weight is 516 g/mol. The van der Waals surface area contributed by atoms with Crippen LogP contribution in [0.3, 0.4) is 0 Å². The van der Waals surface area contributed by atoms with Crippen molar-refractivity contribution in [2.45, 2.75) is 30.9 Å². The third-order valence-electron chi connectivity index (χ3n) is 6.29. The Morgan fingerprint density at radius 3 is 2.41 bits per heavy atom. The van der Waals surface area contributed by atoms with E-state index in [0.717, 1.165) is 6.07 Å². The minimum Gasteiger partial charge on any atom is -0.493 e. The van der Waals surface area contributed by atoms with Gasteiger partial charge in [0.15, 0.2) is 23.1 Å². The minimum absolute atomic E-state index is 0.0825. The van der Waals surface area contributed by atoms with Crippen LogP contribution >= 0.6 is 0 Å². The normalized spacial score (nSPS) is 14.4. The molecule has 5 rings (SSSR count). The number of hydrogen-bond donors (Lipinski definition) is 1. The largest absolute Gasteiger partial charge is 0.493 e. The van der Waals surface area contributed by atoms with Crippen LogP contribution in [0.25, 0.3) is 22.3 Å². The van der Waals surface area contributed by atoms with Gasteiger partial charge in [-0.3, -0.25) is 9.78 Å². The predicted octanol–water partition coefficient (Wildman–Crippen LogP) is 5.22. The first kappa shape index (κ1) is 24.5. The zero-order valence-electron chi connectivity index (χ0n) is 19.6. The number of methoxy groups -OCH3 is 2. The summed E-state index contributed by atoms with van der Waals surface area (Å²) >= 11 is 0. The Morgan fingerprint density at radius 2 is 1.78 bits per heavy atom. The highest BCUT2D eigenvalue weighted by atomic mass is 19.4. The molecule has 0 atom stereocenters. The van der Waals surface area contributed by atoms with Gasteiger partial charge in [-0.25, -0.2) is 9.37 Å². The fraction of sp³-hybridized carbons (Fsp3) is 0.280. The third-order valence-corrected chi connectivity index (χ3v) is 6.29. The molecule has 1 saturated carbocycles. The minimum atomic E-state index is -4.47. The SMILES string of the molecule is COc1cc2ncc(-c3ccc(CC(=O)Nc4cc(C5(C(F)(F)F)CC5)on4)c(F)c3)nc2cc1OC. The van der Waals surface area contributed by atoms with Gasteiger partial charge in [-0.15, -0.1) is 0 Å². The summed E-state index contributed by atoms with van der Waals surface area (Å²) in [7, 11) is 3.01. The monoisotopic (exact) mass is 516 g/mol. The van der Waals surface area contributed by atoms with Gasteiger partial charge in [0.2, 0.25) is 5.91 Å². The number of hydrogen-bond acceptors (Lipinski definition) is 7. The van der Waals surface area contributed by atoms with Gasteiger partial charge in [0.1, 0.15) is 11.2 Å². The molecule has 0 spiro atoms. The number of carbonyl (C=O) groups excluding carboxylic acids is 1. The van der Waals surface area contributed by atoms with Crippen molar-refractivity contribution in [3.8, 4) is 22.8 Å². The zero-order chi connectivity index (χ0) is 26.4. The molecule has 0 bridgehead atoms. The van der Waals surface area contributed by atoms with Gasteiger partial charge >= 0.3 is 6.18 Å². The lowest BCUT2D eigenvalue weighted by molar-refractivity contribution is -0.165. The quantitative estimate of drug-likeness (QED) is 0.337. The van der Waals surface area contributed by atoms with E-state index in [1.165, 1.54) is 32.5 Å². The van der Waals surface area contributed by atoms with E-state index in [1.54, 1.807) is 18.2 Å². The molecule has 4 aromatic rings. The van der Waals surface area contributed by atoms with Crippen molar-refractivity contribution >= 4 is 22.8 Å². The summed E-state index contributed by atoms with van der Waals surface area (Å²) in [6.45, 7) is 0. The number of ether oxygens (including phenoxy) is 2. The summed E-state index contributed by atoms with van der Waals surface area (Å²) in [5, 5.41) is 5.86. The number of fused-ring (bicyclic) bond motifs is 1. The maximum atomic E-state index is 14.8. The summed E-state index contributed by atoms with van der Waals surface area (Å²) in [4.78, 5) is 21.3. The number of carbonyl (C=O) groups is 1. The number of rotatable bonds is 7. The molecule has 2 heterocycles. The number of alkyl halides is 3. The second-order valence-corrected chi connectivity index (χ2v) is 8.64. The van der Waals surface area contributed by atoms with Gasteiger partial charge in [-0.1, -0.05) is 17.3 Å². The van der Waals surface area contributed by atoms with Gasteiger partial charge in [0, 0.05) is 23.8 Å². The van der Waals surface area contributed by atoms with Gasteiger partial charge in [-0.2, -0.15) is 13.2 Å². The van der Waals surface area contributed by atoms with E-state index < -0.39 is 23.3 Å². The van der Waals surface area contributed by atoms with Crippen molar-refractivity contribution < 1.29 is 36.4 Å². The Bertz CT molecular complexity index is 1500. The molecule has 1 aliphatic rings. The highest BCUT2D eigenvalue weighted by molar-refractivity contribution is 5.91. The molecule has 2 aromatic heterocycles. The number of aromatic nitrogens is 3.